The average molecular weight is 357 g/mol. The van der Waals surface area contributed by atoms with E-state index in [0.717, 1.165) is 0 Å². The molecular weight excluding hydrogens is 349 g/mol. The number of hydrogen-bond donors (Lipinski definition) is 0. The van der Waals surface area contributed by atoms with Crippen LogP contribution in [0.4, 0.5) is 22.0 Å². The molecule has 0 radical (unpaired) electrons. The van der Waals surface area contributed by atoms with Gasteiger partial charge in [0.1, 0.15) is 0 Å². The SMILES string of the molecule is CC(=O)n1cc(Sc2c(F)c(F)c(F)c(F)c2F)c2ccccc21. The number of hydrogen-bond acceptors (Lipinski definition) is 2. The van der Waals surface area contributed by atoms with Crippen molar-refractivity contribution in [2.45, 2.75) is 16.7 Å². The zero-order valence-corrected chi connectivity index (χ0v) is 12.9. The Hall–Kier alpha value is -2.35. The highest BCUT2D eigenvalue weighted by atomic mass is 32.2. The fraction of sp³-hybridized carbons (Fsp3) is 0.0625. The lowest BCUT2D eigenvalue weighted by atomic mass is 10.2. The first-order valence-electron chi connectivity index (χ1n) is 6.63. The number of halogens is 5. The van der Waals surface area contributed by atoms with Gasteiger partial charge in [0, 0.05) is 23.4 Å². The van der Waals surface area contributed by atoms with Crippen molar-refractivity contribution in [2.75, 3.05) is 0 Å². The minimum absolute atomic E-state index is 0.198. The van der Waals surface area contributed by atoms with Gasteiger partial charge in [-0.15, -0.1) is 0 Å². The Morgan fingerprint density at radius 1 is 0.917 bits per heavy atom. The summed E-state index contributed by atoms with van der Waals surface area (Å²) in [6.45, 7) is 1.29. The largest absolute Gasteiger partial charge is 0.286 e. The maximum atomic E-state index is 13.8. The molecule has 0 unspecified atom stereocenters. The summed E-state index contributed by atoms with van der Waals surface area (Å²) in [5.74, 6) is -10.4. The van der Waals surface area contributed by atoms with E-state index in [4.69, 9.17) is 0 Å². The van der Waals surface area contributed by atoms with Crippen LogP contribution in [0.5, 0.6) is 0 Å². The number of rotatable bonds is 2. The predicted molar refractivity (Wildman–Crippen MR) is 78.6 cm³/mol. The van der Waals surface area contributed by atoms with E-state index < -0.39 is 34.0 Å². The van der Waals surface area contributed by atoms with E-state index in [1.54, 1.807) is 24.3 Å². The highest BCUT2D eigenvalue weighted by Crippen LogP contribution is 2.39. The van der Waals surface area contributed by atoms with Crippen molar-refractivity contribution in [3.8, 4) is 0 Å². The van der Waals surface area contributed by atoms with Gasteiger partial charge in [-0.1, -0.05) is 30.0 Å². The van der Waals surface area contributed by atoms with Crippen LogP contribution in [0.25, 0.3) is 10.9 Å². The molecular formula is C16H8F5NOS. The smallest absolute Gasteiger partial charge is 0.227 e. The van der Waals surface area contributed by atoms with Crippen LogP contribution in [0.1, 0.15) is 11.7 Å². The Morgan fingerprint density at radius 3 is 2.04 bits per heavy atom. The Labute approximate surface area is 136 Å². The Morgan fingerprint density at radius 2 is 1.46 bits per heavy atom. The van der Waals surface area contributed by atoms with E-state index in [1.165, 1.54) is 17.7 Å². The van der Waals surface area contributed by atoms with Crippen molar-refractivity contribution >= 4 is 28.6 Å². The molecule has 0 saturated heterocycles. The van der Waals surface area contributed by atoms with Crippen LogP contribution in [0.3, 0.4) is 0 Å². The quantitative estimate of drug-likeness (QED) is 0.360. The summed E-state index contributed by atoms with van der Waals surface area (Å²) >= 11 is 0.376. The lowest BCUT2D eigenvalue weighted by molar-refractivity contribution is 0.0941. The third-order valence-electron chi connectivity index (χ3n) is 3.40. The number of nitrogens with zero attached hydrogens (tertiary/aromatic N) is 1. The van der Waals surface area contributed by atoms with Gasteiger partial charge in [-0.2, -0.15) is 0 Å². The standard InChI is InChI=1S/C16H8F5NOS/c1-7(23)22-6-10(8-4-2-3-5-9(8)22)24-16-14(20)12(18)11(17)13(19)15(16)21/h2-6H,1H3. The van der Waals surface area contributed by atoms with Gasteiger partial charge in [-0.05, 0) is 6.07 Å². The predicted octanol–water partition coefficient (Wildman–Crippen LogP) is 5.15. The molecule has 24 heavy (non-hydrogen) atoms. The molecule has 0 saturated carbocycles. The van der Waals surface area contributed by atoms with Crippen LogP contribution in [-0.2, 0) is 0 Å². The van der Waals surface area contributed by atoms with Crippen LogP contribution in [0.2, 0.25) is 0 Å². The van der Waals surface area contributed by atoms with Gasteiger partial charge in [-0.25, -0.2) is 22.0 Å². The molecule has 0 bridgehead atoms. The molecule has 0 amide bonds. The van der Waals surface area contributed by atoms with Gasteiger partial charge in [0.25, 0.3) is 0 Å². The van der Waals surface area contributed by atoms with Crippen LogP contribution in [0, 0.1) is 29.1 Å². The highest BCUT2D eigenvalue weighted by Gasteiger charge is 2.27. The lowest BCUT2D eigenvalue weighted by Gasteiger charge is -2.07. The molecule has 2 aromatic carbocycles. The second-order valence-electron chi connectivity index (χ2n) is 4.90. The Balaban J connectivity index is 2.21. The number of aromatic nitrogens is 1. The molecule has 0 aliphatic carbocycles. The van der Waals surface area contributed by atoms with Crippen molar-refractivity contribution in [1.82, 2.24) is 4.57 Å². The third kappa shape index (κ3) is 2.47. The Bertz CT molecular complexity index is 953. The lowest BCUT2D eigenvalue weighted by Crippen LogP contribution is -2.03. The number of fused-ring (bicyclic) bond motifs is 1. The van der Waals surface area contributed by atoms with Crippen molar-refractivity contribution in [3.05, 3.63) is 59.5 Å². The van der Waals surface area contributed by atoms with Crippen LogP contribution in [-0.4, -0.2) is 10.5 Å². The first kappa shape index (κ1) is 16.5. The van der Waals surface area contributed by atoms with E-state index >= 15 is 0 Å². The van der Waals surface area contributed by atoms with Crippen LogP contribution in [0.15, 0.2) is 40.3 Å². The maximum Gasteiger partial charge on any atom is 0.227 e. The summed E-state index contributed by atoms with van der Waals surface area (Å²) < 4.78 is 68.7. The molecule has 124 valence electrons. The summed E-state index contributed by atoms with van der Waals surface area (Å²) in [7, 11) is 0. The molecule has 2 nitrogen and oxygen atoms in total. The molecule has 0 aliphatic heterocycles. The fourth-order valence-corrected chi connectivity index (χ4v) is 3.29. The monoisotopic (exact) mass is 357 g/mol. The summed E-state index contributed by atoms with van der Waals surface area (Å²) in [6, 6.07) is 6.49. The normalized spacial score (nSPS) is 11.2. The molecule has 3 rings (SSSR count). The van der Waals surface area contributed by atoms with E-state index in [2.05, 4.69) is 0 Å². The second kappa shape index (κ2) is 5.94. The van der Waals surface area contributed by atoms with Gasteiger partial charge in [-0.3, -0.25) is 9.36 Å². The third-order valence-corrected chi connectivity index (χ3v) is 4.50. The first-order chi connectivity index (χ1) is 11.3. The zero-order chi connectivity index (χ0) is 17.6. The summed E-state index contributed by atoms with van der Waals surface area (Å²) in [5.41, 5.74) is 0.469. The molecule has 0 atom stereocenters. The van der Waals surface area contributed by atoms with Gasteiger partial charge >= 0.3 is 0 Å². The maximum absolute atomic E-state index is 13.8. The second-order valence-corrected chi connectivity index (χ2v) is 5.95. The molecule has 0 spiro atoms. The molecule has 3 aromatic rings. The van der Waals surface area contributed by atoms with Gasteiger partial charge in [0.15, 0.2) is 23.3 Å². The molecule has 8 heteroatoms. The van der Waals surface area contributed by atoms with Crippen LogP contribution >= 0.6 is 11.8 Å². The summed E-state index contributed by atoms with van der Waals surface area (Å²) in [5, 5.41) is 0.460. The molecule has 1 heterocycles. The van der Waals surface area contributed by atoms with Gasteiger partial charge in [0.2, 0.25) is 11.7 Å². The topological polar surface area (TPSA) is 22.0 Å². The number of para-hydroxylation sites is 1. The van der Waals surface area contributed by atoms with Crippen molar-refractivity contribution in [2.24, 2.45) is 0 Å². The van der Waals surface area contributed by atoms with E-state index in [1.807, 2.05) is 0 Å². The zero-order valence-electron chi connectivity index (χ0n) is 12.0. The molecule has 1 aromatic heterocycles. The molecule has 0 aliphatic rings. The van der Waals surface area contributed by atoms with E-state index in [9.17, 15) is 26.7 Å². The number of carbonyl (C=O) groups is 1. The minimum atomic E-state index is -2.21. The fourth-order valence-electron chi connectivity index (χ4n) is 2.27. The highest BCUT2D eigenvalue weighted by molar-refractivity contribution is 7.99. The van der Waals surface area contributed by atoms with Crippen molar-refractivity contribution < 1.29 is 26.7 Å². The summed E-state index contributed by atoms with van der Waals surface area (Å²) in [6.07, 6.45) is 1.30. The van der Waals surface area contributed by atoms with Gasteiger partial charge in [0.05, 0.1) is 10.4 Å². The summed E-state index contributed by atoms with van der Waals surface area (Å²) in [4.78, 5) is 10.8. The van der Waals surface area contributed by atoms with Crippen molar-refractivity contribution in [3.63, 3.8) is 0 Å². The first-order valence-corrected chi connectivity index (χ1v) is 7.45. The van der Waals surface area contributed by atoms with E-state index in [-0.39, 0.29) is 10.8 Å². The molecule has 0 fully saturated rings. The number of carbonyl (C=O) groups excluding carboxylic acids is 1. The average Bonchev–Trinajstić information content (AvgIpc) is 2.94. The minimum Gasteiger partial charge on any atom is -0.286 e. The number of benzene rings is 2. The Kier molecular flexibility index (Phi) is 4.08. The van der Waals surface area contributed by atoms with Gasteiger partial charge < -0.3 is 0 Å². The molecule has 0 N–H and O–H groups in total. The van der Waals surface area contributed by atoms with E-state index in [0.29, 0.717) is 22.7 Å². The van der Waals surface area contributed by atoms with Crippen LogP contribution < -0.4 is 0 Å². The van der Waals surface area contributed by atoms with Crippen molar-refractivity contribution in [1.29, 1.82) is 0 Å².